The van der Waals surface area contributed by atoms with E-state index in [4.69, 9.17) is 0 Å². The zero-order chi connectivity index (χ0) is 11.1. The molecule has 2 heterocycles. The lowest BCUT2D eigenvalue weighted by atomic mass is 10.1. The number of hydrogen-bond donors (Lipinski definition) is 1. The molecule has 1 aliphatic heterocycles. The van der Waals surface area contributed by atoms with Crippen molar-refractivity contribution >= 4 is 5.91 Å². The van der Waals surface area contributed by atoms with Crippen LogP contribution in [0.1, 0.15) is 29.4 Å². The first-order chi connectivity index (χ1) is 6.99. The summed E-state index contributed by atoms with van der Waals surface area (Å²) in [5.74, 6) is -0.136. The van der Waals surface area contributed by atoms with Gasteiger partial charge in [0.2, 0.25) is 0 Å². The van der Waals surface area contributed by atoms with Crippen LogP contribution in [0.15, 0.2) is 6.20 Å². The summed E-state index contributed by atoms with van der Waals surface area (Å²) in [6, 6.07) is 0. The van der Waals surface area contributed by atoms with E-state index in [1.807, 2.05) is 0 Å². The van der Waals surface area contributed by atoms with Gasteiger partial charge in [-0.05, 0) is 13.8 Å². The van der Waals surface area contributed by atoms with E-state index in [-0.39, 0.29) is 12.5 Å². The highest BCUT2D eigenvalue weighted by atomic mass is 19.1. The lowest BCUT2D eigenvalue weighted by molar-refractivity contribution is 0.0760. The minimum atomic E-state index is -1.24. The lowest BCUT2D eigenvalue weighted by Crippen LogP contribution is -2.32. The molecule has 0 unspecified atom stereocenters. The van der Waals surface area contributed by atoms with Crippen LogP contribution in [0.4, 0.5) is 4.39 Å². The molecule has 1 N–H and O–H groups in total. The van der Waals surface area contributed by atoms with Gasteiger partial charge < -0.3 is 4.90 Å². The average molecular weight is 211 g/mol. The van der Waals surface area contributed by atoms with Crippen LogP contribution in [-0.4, -0.2) is 39.8 Å². The number of aromatic nitrogens is 2. The van der Waals surface area contributed by atoms with Gasteiger partial charge in [0.15, 0.2) is 0 Å². The van der Waals surface area contributed by atoms with Crippen LogP contribution in [0, 0.1) is 6.92 Å². The molecular weight excluding hydrogens is 197 g/mol. The fourth-order valence-corrected chi connectivity index (χ4v) is 1.83. The Morgan fingerprint density at radius 2 is 2.47 bits per heavy atom. The molecule has 0 radical (unpaired) electrons. The highest BCUT2D eigenvalue weighted by Gasteiger charge is 2.36. The summed E-state index contributed by atoms with van der Waals surface area (Å²) in [5, 5.41) is 6.49. The van der Waals surface area contributed by atoms with Crippen molar-refractivity contribution in [2.45, 2.75) is 25.9 Å². The van der Waals surface area contributed by atoms with Crippen LogP contribution < -0.4 is 0 Å². The molecule has 4 nitrogen and oxygen atoms in total. The third kappa shape index (κ3) is 1.86. The summed E-state index contributed by atoms with van der Waals surface area (Å²) < 4.78 is 13.5. The van der Waals surface area contributed by atoms with E-state index < -0.39 is 5.67 Å². The highest BCUT2D eigenvalue weighted by Crippen LogP contribution is 2.26. The second-order valence-corrected chi connectivity index (χ2v) is 4.30. The van der Waals surface area contributed by atoms with Crippen molar-refractivity contribution in [3.05, 3.63) is 17.5 Å². The van der Waals surface area contributed by atoms with E-state index >= 15 is 0 Å². The van der Waals surface area contributed by atoms with Gasteiger partial charge in [-0.1, -0.05) is 0 Å². The molecule has 0 aromatic carbocycles. The summed E-state index contributed by atoms with van der Waals surface area (Å²) >= 11 is 0. The van der Waals surface area contributed by atoms with Crippen LogP contribution in [0.3, 0.4) is 0 Å². The molecule has 0 saturated carbocycles. The zero-order valence-corrected chi connectivity index (χ0v) is 8.88. The number of carbonyl (C=O) groups is 1. The summed E-state index contributed by atoms with van der Waals surface area (Å²) in [5.41, 5.74) is 0.0213. The Labute approximate surface area is 87.5 Å². The quantitative estimate of drug-likeness (QED) is 0.761. The van der Waals surface area contributed by atoms with Crippen molar-refractivity contribution in [3.8, 4) is 0 Å². The van der Waals surface area contributed by atoms with Crippen molar-refractivity contribution in [1.82, 2.24) is 15.1 Å². The minimum absolute atomic E-state index is 0.136. The maximum Gasteiger partial charge on any atom is 0.257 e. The third-order valence-electron chi connectivity index (χ3n) is 2.77. The van der Waals surface area contributed by atoms with Crippen molar-refractivity contribution in [2.24, 2.45) is 0 Å². The second-order valence-electron chi connectivity index (χ2n) is 4.30. The Balaban J connectivity index is 2.14. The molecule has 1 aromatic rings. The number of nitrogens with zero attached hydrogens (tertiary/aromatic N) is 2. The van der Waals surface area contributed by atoms with Gasteiger partial charge in [0, 0.05) is 18.7 Å². The smallest absolute Gasteiger partial charge is 0.257 e. The van der Waals surface area contributed by atoms with Crippen LogP contribution in [0.2, 0.25) is 0 Å². The van der Waals surface area contributed by atoms with Crippen LogP contribution in [-0.2, 0) is 0 Å². The number of hydrogen-bond acceptors (Lipinski definition) is 2. The highest BCUT2D eigenvalue weighted by molar-refractivity contribution is 5.95. The largest absolute Gasteiger partial charge is 0.335 e. The maximum atomic E-state index is 13.5. The first kappa shape index (κ1) is 10.1. The molecule has 2 rings (SSSR count). The molecule has 5 heteroatoms. The number of likely N-dealkylation sites (tertiary alicyclic amines) is 1. The molecule has 0 bridgehead atoms. The number of H-pyrrole nitrogens is 1. The number of aryl methyl sites for hydroxylation is 1. The number of rotatable bonds is 1. The van der Waals surface area contributed by atoms with Gasteiger partial charge in [-0.3, -0.25) is 9.89 Å². The molecule has 82 valence electrons. The number of aromatic amines is 1. The summed E-state index contributed by atoms with van der Waals surface area (Å²) in [4.78, 5) is 13.5. The van der Waals surface area contributed by atoms with Gasteiger partial charge in [-0.15, -0.1) is 0 Å². The molecule has 15 heavy (non-hydrogen) atoms. The lowest BCUT2D eigenvalue weighted by Gasteiger charge is -2.16. The number of amides is 1. The molecule has 1 fully saturated rings. The Morgan fingerprint density at radius 3 is 2.93 bits per heavy atom. The van der Waals surface area contributed by atoms with Gasteiger partial charge in [-0.25, -0.2) is 4.39 Å². The molecule has 1 aliphatic rings. The summed E-state index contributed by atoms with van der Waals surface area (Å²) in [6.07, 6.45) is 1.90. The number of nitrogens with one attached hydrogen (secondary N) is 1. The predicted molar refractivity (Wildman–Crippen MR) is 53.4 cm³/mol. The first-order valence-corrected chi connectivity index (χ1v) is 4.98. The Morgan fingerprint density at radius 1 is 1.73 bits per heavy atom. The normalized spacial score (nSPS) is 25.9. The maximum absolute atomic E-state index is 13.5. The standard InChI is InChI=1S/C10H14FN3O/c1-7-8(5-12-13-7)9(15)14-4-3-10(2,11)6-14/h5H,3-4,6H2,1-2H3,(H,12,13)/t10-/m1/s1. The molecule has 0 aliphatic carbocycles. The van der Waals surface area contributed by atoms with E-state index in [1.54, 1.807) is 6.92 Å². The Hall–Kier alpha value is -1.39. The number of halogens is 1. The molecule has 1 atom stereocenters. The second kappa shape index (κ2) is 3.32. The molecule has 1 saturated heterocycles. The van der Waals surface area contributed by atoms with E-state index in [9.17, 15) is 9.18 Å². The number of alkyl halides is 1. The van der Waals surface area contributed by atoms with E-state index in [0.717, 1.165) is 5.69 Å². The topological polar surface area (TPSA) is 49.0 Å². The fourth-order valence-electron chi connectivity index (χ4n) is 1.83. The first-order valence-electron chi connectivity index (χ1n) is 4.98. The molecule has 1 aromatic heterocycles. The van der Waals surface area contributed by atoms with E-state index in [0.29, 0.717) is 18.5 Å². The fraction of sp³-hybridized carbons (Fsp3) is 0.600. The van der Waals surface area contributed by atoms with Crippen molar-refractivity contribution in [1.29, 1.82) is 0 Å². The molecule has 0 spiro atoms. The summed E-state index contributed by atoms with van der Waals surface area (Å²) in [6.45, 7) is 3.97. The predicted octanol–water partition coefficient (Wildman–Crippen LogP) is 1.29. The van der Waals surface area contributed by atoms with Gasteiger partial charge in [0.05, 0.1) is 18.3 Å². The average Bonchev–Trinajstić information content (AvgIpc) is 2.71. The SMILES string of the molecule is Cc1[nH]ncc1C(=O)N1CC[C@@](C)(F)C1. The zero-order valence-electron chi connectivity index (χ0n) is 8.88. The van der Waals surface area contributed by atoms with Crippen LogP contribution in [0.5, 0.6) is 0 Å². The molecular formula is C10H14FN3O. The van der Waals surface area contributed by atoms with Crippen LogP contribution >= 0.6 is 0 Å². The number of carbonyl (C=O) groups excluding carboxylic acids is 1. The van der Waals surface area contributed by atoms with Gasteiger partial charge in [0.25, 0.3) is 5.91 Å². The molecule has 1 amide bonds. The van der Waals surface area contributed by atoms with Crippen molar-refractivity contribution < 1.29 is 9.18 Å². The van der Waals surface area contributed by atoms with Crippen molar-refractivity contribution in [3.63, 3.8) is 0 Å². The summed E-state index contributed by atoms with van der Waals surface area (Å²) in [7, 11) is 0. The van der Waals surface area contributed by atoms with Gasteiger partial charge in [0.1, 0.15) is 5.67 Å². The minimum Gasteiger partial charge on any atom is -0.335 e. The van der Waals surface area contributed by atoms with E-state index in [1.165, 1.54) is 18.0 Å². The van der Waals surface area contributed by atoms with E-state index in [2.05, 4.69) is 10.2 Å². The monoisotopic (exact) mass is 211 g/mol. The van der Waals surface area contributed by atoms with Gasteiger partial charge >= 0.3 is 0 Å². The van der Waals surface area contributed by atoms with Crippen molar-refractivity contribution in [2.75, 3.05) is 13.1 Å². The van der Waals surface area contributed by atoms with Crippen LogP contribution in [0.25, 0.3) is 0 Å². The van der Waals surface area contributed by atoms with Gasteiger partial charge in [-0.2, -0.15) is 5.10 Å². The Kier molecular flexibility index (Phi) is 2.25. The third-order valence-corrected chi connectivity index (χ3v) is 2.77. The Bertz CT molecular complexity index is 386.